The number of carboxylic acids is 1. The van der Waals surface area contributed by atoms with Gasteiger partial charge in [0, 0.05) is 31.1 Å². The van der Waals surface area contributed by atoms with Crippen LogP contribution in [0.5, 0.6) is 5.75 Å². The third kappa shape index (κ3) is 3.47. The highest BCUT2D eigenvalue weighted by Crippen LogP contribution is 2.41. The first-order chi connectivity index (χ1) is 11.2. The molecule has 1 unspecified atom stereocenters. The number of rotatable bonds is 6. The van der Waals surface area contributed by atoms with Crippen molar-refractivity contribution in [3.63, 3.8) is 0 Å². The van der Waals surface area contributed by atoms with Crippen LogP contribution in [-0.2, 0) is 11.3 Å². The van der Waals surface area contributed by atoms with Gasteiger partial charge in [0.1, 0.15) is 5.75 Å². The number of methoxy groups -OCH3 is 1. The van der Waals surface area contributed by atoms with E-state index in [4.69, 9.17) is 9.84 Å². The number of carboxylic acid groups (broad SMARTS) is 1. The molecule has 0 fully saturated rings. The molecule has 0 aliphatic carbocycles. The Bertz CT molecular complexity index is 684. The summed E-state index contributed by atoms with van der Waals surface area (Å²) in [7, 11) is 1.66. The predicted octanol–water partition coefficient (Wildman–Crippen LogP) is 3.66. The molecule has 0 saturated heterocycles. The Kier molecular flexibility index (Phi) is 4.51. The van der Waals surface area contributed by atoms with Crippen LogP contribution in [0.4, 0.5) is 5.69 Å². The van der Waals surface area contributed by atoms with Crippen LogP contribution in [0, 0.1) is 0 Å². The molecule has 1 aliphatic rings. The molecular weight excluding hydrogens is 290 g/mol. The SMILES string of the molecule is COc1ccc2c(c1)C(CCC(=O)O)CN2Cc1ccccc1. The van der Waals surface area contributed by atoms with Crippen molar-refractivity contribution in [1.82, 2.24) is 0 Å². The second-order valence-corrected chi connectivity index (χ2v) is 5.92. The Morgan fingerprint density at radius 1 is 1.26 bits per heavy atom. The van der Waals surface area contributed by atoms with Crippen LogP contribution in [-0.4, -0.2) is 24.7 Å². The zero-order valence-corrected chi connectivity index (χ0v) is 13.2. The Morgan fingerprint density at radius 2 is 2.04 bits per heavy atom. The van der Waals surface area contributed by atoms with Crippen LogP contribution in [0.1, 0.15) is 29.9 Å². The van der Waals surface area contributed by atoms with Gasteiger partial charge in [-0.3, -0.25) is 4.79 Å². The van der Waals surface area contributed by atoms with E-state index in [9.17, 15) is 4.79 Å². The minimum atomic E-state index is -0.740. The van der Waals surface area contributed by atoms with Gasteiger partial charge < -0.3 is 14.7 Å². The van der Waals surface area contributed by atoms with Crippen molar-refractivity contribution in [1.29, 1.82) is 0 Å². The Balaban J connectivity index is 1.85. The number of aliphatic carboxylic acids is 1. The number of carbonyl (C=O) groups is 1. The Hall–Kier alpha value is -2.49. The van der Waals surface area contributed by atoms with E-state index in [2.05, 4.69) is 23.1 Å². The number of anilines is 1. The van der Waals surface area contributed by atoms with Crippen molar-refractivity contribution < 1.29 is 14.6 Å². The predicted molar refractivity (Wildman–Crippen MR) is 90.1 cm³/mol. The van der Waals surface area contributed by atoms with Crippen molar-refractivity contribution in [3.8, 4) is 5.75 Å². The Labute approximate surface area is 136 Å². The number of fused-ring (bicyclic) bond motifs is 1. The lowest BCUT2D eigenvalue weighted by Gasteiger charge is -2.20. The molecule has 1 N–H and O–H groups in total. The van der Waals surface area contributed by atoms with Crippen LogP contribution in [0.2, 0.25) is 0 Å². The number of benzene rings is 2. The van der Waals surface area contributed by atoms with Gasteiger partial charge in [-0.05, 0) is 35.7 Å². The highest BCUT2D eigenvalue weighted by atomic mass is 16.5. The monoisotopic (exact) mass is 311 g/mol. The normalized spacial score (nSPS) is 16.2. The zero-order valence-electron chi connectivity index (χ0n) is 13.2. The summed E-state index contributed by atoms with van der Waals surface area (Å²) in [6, 6.07) is 16.4. The highest BCUT2D eigenvalue weighted by Gasteiger charge is 2.29. The van der Waals surface area contributed by atoms with Crippen LogP contribution in [0.3, 0.4) is 0 Å². The summed E-state index contributed by atoms with van der Waals surface area (Å²) in [6.07, 6.45) is 0.848. The molecule has 4 heteroatoms. The van der Waals surface area contributed by atoms with Crippen molar-refractivity contribution in [2.75, 3.05) is 18.6 Å². The molecule has 1 heterocycles. The molecule has 3 rings (SSSR count). The lowest BCUT2D eigenvalue weighted by atomic mass is 9.96. The molecule has 1 atom stereocenters. The average molecular weight is 311 g/mol. The van der Waals surface area contributed by atoms with Gasteiger partial charge in [-0.2, -0.15) is 0 Å². The van der Waals surface area contributed by atoms with Gasteiger partial charge in [0.05, 0.1) is 7.11 Å². The number of hydrogen-bond donors (Lipinski definition) is 1. The van der Waals surface area contributed by atoms with Crippen molar-refractivity contribution in [2.45, 2.75) is 25.3 Å². The van der Waals surface area contributed by atoms with E-state index in [0.29, 0.717) is 6.42 Å². The third-order valence-corrected chi connectivity index (χ3v) is 4.38. The van der Waals surface area contributed by atoms with E-state index in [1.54, 1.807) is 7.11 Å². The van der Waals surface area contributed by atoms with E-state index >= 15 is 0 Å². The fraction of sp³-hybridized carbons (Fsp3) is 0.316. The molecule has 0 radical (unpaired) electrons. The van der Waals surface area contributed by atoms with Crippen LogP contribution >= 0.6 is 0 Å². The second kappa shape index (κ2) is 6.73. The average Bonchev–Trinajstić information content (AvgIpc) is 2.91. The van der Waals surface area contributed by atoms with Crippen molar-refractivity contribution in [3.05, 3.63) is 59.7 Å². The fourth-order valence-corrected chi connectivity index (χ4v) is 3.24. The molecule has 120 valence electrons. The third-order valence-electron chi connectivity index (χ3n) is 4.38. The molecule has 0 amide bonds. The maximum Gasteiger partial charge on any atom is 0.303 e. The standard InChI is InChI=1S/C19H21NO3/c1-23-16-8-9-18-17(11-16)15(7-10-19(21)22)13-20(18)12-14-5-3-2-4-6-14/h2-6,8-9,11,15H,7,10,12-13H2,1H3,(H,21,22). The summed E-state index contributed by atoms with van der Waals surface area (Å²) >= 11 is 0. The molecule has 23 heavy (non-hydrogen) atoms. The first-order valence-electron chi connectivity index (χ1n) is 7.86. The fourth-order valence-electron chi connectivity index (χ4n) is 3.24. The van der Waals surface area contributed by atoms with Gasteiger partial charge >= 0.3 is 5.97 Å². The smallest absolute Gasteiger partial charge is 0.303 e. The van der Waals surface area contributed by atoms with Gasteiger partial charge in [0.15, 0.2) is 0 Å². The quantitative estimate of drug-likeness (QED) is 0.884. The number of nitrogens with zero attached hydrogens (tertiary/aromatic N) is 1. The summed E-state index contributed by atoms with van der Waals surface area (Å²) < 4.78 is 5.33. The van der Waals surface area contributed by atoms with Crippen LogP contribution in [0.25, 0.3) is 0 Å². The molecule has 2 aromatic rings. The summed E-state index contributed by atoms with van der Waals surface area (Å²) in [5.74, 6) is 0.321. The van der Waals surface area contributed by atoms with E-state index in [1.165, 1.54) is 16.8 Å². The van der Waals surface area contributed by atoms with E-state index in [0.717, 1.165) is 18.8 Å². The first kappa shape index (κ1) is 15.4. The number of hydrogen-bond acceptors (Lipinski definition) is 3. The van der Waals surface area contributed by atoms with Crippen LogP contribution in [0.15, 0.2) is 48.5 Å². The molecule has 4 nitrogen and oxygen atoms in total. The Morgan fingerprint density at radius 3 is 2.74 bits per heavy atom. The van der Waals surface area contributed by atoms with Crippen LogP contribution < -0.4 is 9.64 Å². The molecule has 0 aromatic heterocycles. The summed E-state index contributed by atoms with van der Waals surface area (Å²) in [5.41, 5.74) is 3.64. The van der Waals surface area contributed by atoms with Crippen molar-refractivity contribution >= 4 is 11.7 Å². The van der Waals surface area contributed by atoms with Gasteiger partial charge in [-0.15, -0.1) is 0 Å². The maximum absolute atomic E-state index is 10.9. The highest BCUT2D eigenvalue weighted by molar-refractivity contribution is 5.68. The lowest BCUT2D eigenvalue weighted by Crippen LogP contribution is -2.21. The van der Waals surface area contributed by atoms with E-state index in [-0.39, 0.29) is 12.3 Å². The molecule has 0 bridgehead atoms. The molecule has 0 spiro atoms. The molecular formula is C19H21NO3. The summed E-state index contributed by atoms with van der Waals surface area (Å²) in [6.45, 7) is 1.69. The molecule has 0 saturated carbocycles. The molecule has 1 aliphatic heterocycles. The largest absolute Gasteiger partial charge is 0.497 e. The first-order valence-corrected chi connectivity index (χ1v) is 7.86. The van der Waals surface area contributed by atoms with E-state index in [1.807, 2.05) is 30.3 Å². The minimum Gasteiger partial charge on any atom is -0.497 e. The van der Waals surface area contributed by atoms with E-state index < -0.39 is 5.97 Å². The molecule has 2 aromatic carbocycles. The van der Waals surface area contributed by atoms with Gasteiger partial charge in [0.25, 0.3) is 0 Å². The second-order valence-electron chi connectivity index (χ2n) is 5.92. The lowest BCUT2D eigenvalue weighted by molar-refractivity contribution is -0.137. The maximum atomic E-state index is 10.9. The number of ether oxygens (including phenoxy) is 1. The minimum absolute atomic E-state index is 0.195. The van der Waals surface area contributed by atoms with Gasteiger partial charge in [-0.25, -0.2) is 0 Å². The summed E-state index contributed by atoms with van der Waals surface area (Å²) in [5, 5.41) is 8.99. The summed E-state index contributed by atoms with van der Waals surface area (Å²) in [4.78, 5) is 13.3. The topological polar surface area (TPSA) is 49.8 Å². The van der Waals surface area contributed by atoms with Gasteiger partial charge in [-0.1, -0.05) is 30.3 Å². The zero-order chi connectivity index (χ0) is 16.2. The van der Waals surface area contributed by atoms with Crippen molar-refractivity contribution in [2.24, 2.45) is 0 Å². The van der Waals surface area contributed by atoms with Gasteiger partial charge in [0.2, 0.25) is 0 Å².